The summed E-state index contributed by atoms with van der Waals surface area (Å²) >= 11 is 5.81. The molecule has 1 aliphatic heterocycles. The summed E-state index contributed by atoms with van der Waals surface area (Å²) in [5.41, 5.74) is 0.777. The first-order valence-electron chi connectivity index (χ1n) is 6.22. The summed E-state index contributed by atoms with van der Waals surface area (Å²) in [6.45, 7) is 1.79. The van der Waals surface area contributed by atoms with E-state index in [0.717, 1.165) is 0 Å². The number of nitrogens with zero attached hydrogens (tertiary/aromatic N) is 1. The second kappa shape index (κ2) is 5.54. The van der Waals surface area contributed by atoms with Crippen LogP contribution in [-0.2, 0) is 14.6 Å². The van der Waals surface area contributed by atoms with Gasteiger partial charge >= 0.3 is 0 Å². The van der Waals surface area contributed by atoms with Crippen LogP contribution >= 0.6 is 11.6 Å². The third-order valence-corrected chi connectivity index (χ3v) is 5.24. The maximum Gasteiger partial charge on any atom is 0.299 e. The summed E-state index contributed by atoms with van der Waals surface area (Å²) in [5.74, 6) is -1.15. The minimum absolute atomic E-state index is 0.00436. The number of sulfone groups is 1. The minimum Gasteiger partial charge on any atom is -0.305 e. The largest absolute Gasteiger partial charge is 0.305 e. The van der Waals surface area contributed by atoms with Crippen molar-refractivity contribution < 1.29 is 18.0 Å². The normalized spacial score (nSPS) is 14.8. The quantitative estimate of drug-likeness (QED) is 0.775. The highest BCUT2D eigenvalue weighted by atomic mass is 35.5. The van der Waals surface area contributed by atoms with Crippen molar-refractivity contribution in [3.05, 3.63) is 28.8 Å². The molecule has 0 aromatic heterocycles. The lowest BCUT2D eigenvalue weighted by molar-refractivity contribution is -0.114. The number of amides is 1. The van der Waals surface area contributed by atoms with Crippen molar-refractivity contribution in [1.82, 2.24) is 0 Å². The lowest BCUT2D eigenvalue weighted by Gasteiger charge is -2.16. The van der Waals surface area contributed by atoms with E-state index in [0.29, 0.717) is 17.1 Å². The van der Waals surface area contributed by atoms with Crippen molar-refractivity contribution in [2.75, 3.05) is 23.0 Å². The Hall–Kier alpha value is -1.40. The molecule has 0 radical (unpaired) electrons. The van der Waals surface area contributed by atoms with Gasteiger partial charge in [0.2, 0.25) is 0 Å². The molecule has 1 aromatic carbocycles. The monoisotopic (exact) mass is 315 g/mol. The molecule has 2 rings (SSSR count). The van der Waals surface area contributed by atoms with Gasteiger partial charge in [0.05, 0.1) is 17.0 Å². The second-order valence-corrected chi connectivity index (χ2v) is 7.45. The van der Waals surface area contributed by atoms with Crippen LogP contribution in [0.2, 0.25) is 5.02 Å². The molecular weight excluding hydrogens is 302 g/mol. The highest BCUT2D eigenvalue weighted by Crippen LogP contribution is 2.31. The molecule has 0 bridgehead atoms. The van der Waals surface area contributed by atoms with Crippen LogP contribution in [0.15, 0.2) is 18.2 Å². The average Bonchev–Trinajstić information content (AvgIpc) is 2.63. The lowest BCUT2D eigenvalue weighted by Crippen LogP contribution is -2.31. The van der Waals surface area contributed by atoms with E-state index in [1.807, 2.05) is 0 Å². The number of carbonyl (C=O) groups excluding carboxylic acids is 2. The van der Waals surface area contributed by atoms with Gasteiger partial charge in [-0.15, -0.1) is 0 Å². The Morgan fingerprint density at radius 1 is 1.25 bits per heavy atom. The number of anilines is 1. The lowest BCUT2D eigenvalue weighted by atomic mass is 10.1. The van der Waals surface area contributed by atoms with Gasteiger partial charge in [0, 0.05) is 17.3 Å². The van der Waals surface area contributed by atoms with Gasteiger partial charge in [-0.3, -0.25) is 9.59 Å². The molecule has 5 nitrogen and oxygen atoms in total. The SMILES string of the molecule is CCS(=O)(=O)CCCN1C(=O)C(=O)c2cc(Cl)ccc21. The van der Waals surface area contributed by atoms with Gasteiger partial charge in [0.1, 0.15) is 9.84 Å². The topological polar surface area (TPSA) is 71.5 Å². The molecule has 1 aromatic rings. The minimum atomic E-state index is -3.07. The highest BCUT2D eigenvalue weighted by molar-refractivity contribution is 7.91. The van der Waals surface area contributed by atoms with Crippen LogP contribution in [0.5, 0.6) is 0 Å². The number of fused-ring (bicyclic) bond motifs is 1. The van der Waals surface area contributed by atoms with Crippen molar-refractivity contribution in [1.29, 1.82) is 0 Å². The molecule has 1 heterocycles. The Bertz CT molecular complexity index is 669. The first-order chi connectivity index (χ1) is 9.35. The predicted octanol–water partition coefficient (Wildman–Crippen LogP) is 1.69. The molecule has 0 saturated heterocycles. The van der Waals surface area contributed by atoms with Gasteiger partial charge in [0.25, 0.3) is 11.7 Å². The third-order valence-electron chi connectivity index (χ3n) is 3.21. The molecule has 20 heavy (non-hydrogen) atoms. The number of carbonyl (C=O) groups is 2. The predicted molar refractivity (Wildman–Crippen MR) is 77.1 cm³/mol. The summed E-state index contributed by atoms with van der Waals surface area (Å²) < 4.78 is 22.8. The van der Waals surface area contributed by atoms with Crippen LogP contribution in [0.1, 0.15) is 23.7 Å². The zero-order valence-corrected chi connectivity index (χ0v) is 12.5. The highest BCUT2D eigenvalue weighted by Gasteiger charge is 2.35. The fourth-order valence-electron chi connectivity index (χ4n) is 2.08. The van der Waals surface area contributed by atoms with Gasteiger partial charge in [-0.2, -0.15) is 0 Å². The Kier molecular flexibility index (Phi) is 4.15. The Morgan fingerprint density at radius 2 is 1.95 bits per heavy atom. The maximum absolute atomic E-state index is 11.9. The zero-order chi connectivity index (χ0) is 14.9. The van der Waals surface area contributed by atoms with Gasteiger partial charge in [-0.1, -0.05) is 18.5 Å². The molecular formula is C13H14ClNO4S. The number of benzene rings is 1. The maximum atomic E-state index is 11.9. The summed E-state index contributed by atoms with van der Waals surface area (Å²) in [4.78, 5) is 25.0. The van der Waals surface area contributed by atoms with Crippen LogP contribution in [0.3, 0.4) is 0 Å². The number of hydrogen-bond acceptors (Lipinski definition) is 4. The van der Waals surface area contributed by atoms with Crippen molar-refractivity contribution in [3.8, 4) is 0 Å². The van der Waals surface area contributed by atoms with E-state index in [1.54, 1.807) is 19.1 Å². The van der Waals surface area contributed by atoms with E-state index >= 15 is 0 Å². The molecule has 7 heteroatoms. The number of rotatable bonds is 5. The summed E-state index contributed by atoms with van der Waals surface area (Å²) in [5, 5.41) is 0.389. The molecule has 0 aliphatic carbocycles. The zero-order valence-electron chi connectivity index (χ0n) is 10.9. The van der Waals surface area contributed by atoms with E-state index in [1.165, 1.54) is 11.0 Å². The summed E-state index contributed by atoms with van der Waals surface area (Å²) in [6, 6.07) is 4.66. The molecule has 1 aliphatic rings. The molecule has 1 amide bonds. The van der Waals surface area contributed by atoms with Crippen LogP contribution < -0.4 is 4.90 Å². The molecule has 108 valence electrons. The third kappa shape index (κ3) is 2.86. The van der Waals surface area contributed by atoms with Gasteiger partial charge < -0.3 is 4.90 Å². The standard InChI is InChI=1S/C13H14ClNO4S/c1-2-20(18,19)7-3-6-15-11-5-4-9(14)8-10(11)12(16)13(15)17/h4-5,8H,2-3,6-7H2,1H3. The molecule has 0 unspecified atom stereocenters. The second-order valence-electron chi connectivity index (χ2n) is 4.54. The van der Waals surface area contributed by atoms with Crippen molar-refractivity contribution in [2.24, 2.45) is 0 Å². The van der Waals surface area contributed by atoms with Gasteiger partial charge in [-0.25, -0.2) is 8.42 Å². The number of ketones is 1. The van der Waals surface area contributed by atoms with E-state index < -0.39 is 21.5 Å². The van der Waals surface area contributed by atoms with E-state index in [2.05, 4.69) is 0 Å². The van der Waals surface area contributed by atoms with Crippen molar-refractivity contribution in [2.45, 2.75) is 13.3 Å². The van der Waals surface area contributed by atoms with Crippen molar-refractivity contribution >= 4 is 38.8 Å². The van der Waals surface area contributed by atoms with Crippen LogP contribution in [0, 0.1) is 0 Å². The first kappa shape index (κ1) is 15.0. The number of Topliss-reactive ketones (excluding diaryl/α,β-unsaturated/α-hetero) is 1. The number of halogens is 1. The van der Waals surface area contributed by atoms with Crippen LogP contribution in [-0.4, -0.2) is 38.2 Å². The van der Waals surface area contributed by atoms with E-state index in [9.17, 15) is 18.0 Å². The molecule has 0 fully saturated rings. The van der Waals surface area contributed by atoms with Gasteiger partial charge in [0.15, 0.2) is 0 Å². The van der Waals surface area contributed by atoms with Crippen molar-refractivity contribution in [3.63, 3.8) is 0 Å². The molecule has 0 spiro atoms. The molecule has 0 saturated carbocycles. The Balaban J connectivity index is 2.15. The van der Waals surface area contributed by atoms with E-state index in [-0.39, 0.29) is 23.6 Å². The van der Waals surface area contributed by atoms with Crippen LogP contribution in [0.4, 0.5) is 5.69 Å². The van der Waals surface area contributed by atoms with E-state index in [4.69, 9.17) is 11.6 Å². The Morgan fingerprint density at radius 3 is 2.60 bits per heavy atom. The molecule has 0 N–H and O–H groups in total. The average molecular weight is 316 g/mol. The fourth-order valence-corrected chi connectivity index (χ4v) is 3.11. The molecule has 0 atom stereocenters. The first-order valence-corrected chi connectivity index (χ1v) is 8.42. The van der Waals surface area contributed by atoms with Crippen LogP contribution in [0.25, 0.3) is 0 Å². The Labute approximate surface area is 122 Å². The van der Waals surface area contributed by atoms with Gasteiger partial charge in [-0.05, 0) is 24.6 Å². The fraction of sp³-hybridized carbons (Fsp3) is 0.385. The number of hydrogen-bond donors (Lipinski definition) is 0. The smallest absolute Gasteiger partial charge is 0.299 e. The summed E-state index contributed by atoms with van der Waals surface area (Å²) in [6.07, 6.45) is 0.303. The summed E-state index contributed by atoms with van der Waals surface area (Å²) in [7, 11) is -3.07.